The van der Waals surface area contributed by atoms with Crippen LogP contribution in [-0.2, 0) is 13.1 Å². The molecule has 0 saturated heterocycles. The second-order valence-electron chi connectivity index (χ2n) is 9.86. The van der Waals surface area contributed by atoms with Gasteiger partial charge in [0.25, 0.3) is 0 Å². The van der Waals surface area contributed by atoms with Gasteiger partial charge in [0.05, 0.1) is 6.10 Å². The summed E-state index contributed by atoms with van der Waals surface area (Å²) in [5.41, 5.74) is 2.61. The van der Waals surface area contributed by atoms with Crippen molar-refractivity contribution in [2.45, 2.75) is 123 Å². The van der Waals surface area contributed by atoms with Gasteiger partial charge in [-0.2, -0.15) is 0 Å². The van der Waals surface area contributed by atoms with E-state index in [1.807, 2.05) is 0 Å². The molecule has 0 bridgehead atoms. The van der Waals surface area contributed by atoms with Crippen molar-refractivity contribution < 1.29 is 5.11 Å². The van der Waals surface area contributed by atoms with Gasteiger partial charge < -0.3 is 5.11 Å². The van der Waals surface area contributed by atoms with Crippen molar-refractivity contribution in [1.82, 2.24) is 4.90 Å². The van der Waals surface area contributed by atoms with Crippen LogP contribution in [0.5, 0.6) is 0 Å². The predicted octanol–water partition coefficient (Wildman–Crippen LogP) is 8.53. The summed E-state index contributed by atoms with van der Waals surface area (Å²) in [6, 6.07) is 21.4. The van der Waals surface area contributed by atoms with Crippen LogP contribution in [0.15, 0.2) is 60.7 Å². The van der Waals surface area contributed by atoms with Gasteiger partial charge in [-0.1, -0.05) is 145 Å². The van der Waals surface area contributed by atoms with Crippen molar-refractivity contribution in [2.24, 2.45) is 0 Å². The summed E-state index contributed by atoms with van der Waals surface area (Å²) in [5.74, 6) is 0. The third-order valence-electron chi connectivity index (χ3n) is 6.94. The molecular weight excluding hydrogens is 402 g/mol. The van der Waals surface area contributed by atoms with Gasteiger partial charge in [-0.05, 0) is 24.5 Å². The third kappa shape index (κ3) is 12.4. The first-order valence-electron chi connectivity index (χ1n) is 13.7. The zero-order valence-corrected chi connectivity index (χ0v) is 21.4. The maximum Gasteiger partial charge on any atom is 0.0693 e. The Morgan fingerprint density at radius 1 is 0.606 bits per heavy atom. The summed E-state index contributed by atoms with van der Waals surface area (Å²) < 4.78 is 0. The van der Waals surface area contributed by atoms with E-state index in [1.165, 1.54) is 81.8 Å². The molecular formula is C31H49NO. The van der Waals surface area contributed by atoms with E-state index in [2.05, 4.69) is 79.4 Å². The Balaban J connectivity index is 1.66. The molecule has 2 heteroatoms. The molecule has 184 valence electrons. The van der Waals surface area contributed by atoms with E-state index in [1.54, 1.807) is 0 Å². The zero-order valence-electron chi connectivity index (χ0n) is 21.4. The smallest absolute Gasteiger partial charge is 0.0693 e. The Kier molecular flexibility index (Phi) is 14.9. The summed E-state index contributed by atoms with van der Waals surface area (Å²) in [5, 5.41) is 11.0. The quantitative estimate of drug-likeness (QED) is 0.216. The Labute approximate surface area is 204 Å². The molecule has 0 saturated carbocycles. The number of benzene rings is 2. The van der Waals surface area contributed by atoms with E-state index in [9.17, 15) is 5.11 Å². The lowest BCUT2D eigenvalue weighted by atomic mass is 10.0. The molecule has 2 aromatic rings. The van der Waals surface area contributed by atoms with E-state index >= 15 is 0 Å². The zero-order chi connectivity index (χ0) is 23.6. The van der Waals surface area contributed by atoms with Crippen molar-refractivity contribution in [3.63, 3.8) is 0 Å². The van der Waals surface area contributed by atoms with Crippen molar-refractivity contribution in [3.8, 4) is 0 Å². The fourth-order valence-corrected chi connectivity index (χ4v) is 4.66. The number of aliphatic hydroxyl groups excluding tert-OH is 1. The Bertz CT molecular complexity index is 645. The van der Waals surface area contributed by atoms with E-state index in [4.69, 9.17) is 0 Å². The number of hydrogen-bond donors (Lipinski definition) is 1. The van der Waals surface area contributed by atoms with E-state index < -0.39 is 0 Å². The maximum absolute atomic E-state index is 11.0. The second kappa shape index (κ2) is 17.8. The van der Waals surface area contributed by atoms with E-state index in [-0.39, 0.29) is 12.1 Å². The number of rotatable bonds is 19. The molecule has 0 fully saturated rings. The molecule has 0 heterocycles. The molecule has 0 amide bonds. The summed E-state index contributed by atoms with van der Waals surface area (Å²) in [6.45, 7) is 6.21. The van der Waals surface area contributed by atoms with Crippen molar-refractivity contribution in [2.75, 3.05) is 0 Å². The highest BCUT2D eigenvalue weighted by Gasteiger charge is 2.22. The molecule has 2 aromatic carbocycles. The molecule has 0 unspecified atom stereocenters. The molecule has 2 nitrogen and oxygen atoms in total. The second-order valence-corrected chi connectivity index (χ2v) is 9.86. The van der Waals surface area contributed by atoms with Crippen LogP contribution in [0.25, 0.3) is 0 Å². The molecule has 2 atom stereocenters. The molecule has 1 N–H and O–H groups in total. The largest absolute Gasteiger partial charge is 0.392 e. The molecule has 0 radical (unpaired) electrons. The lowest BCUT2D eigenvalue weighted by Gasteiger charge is -2.32. The van der Waals surface area contributed by atoms with Gasteiger partial charge in [0, 0.05) is 19.1 Å². The highest BCUT2D eigenvalue weighted by molar-refractivity contribution is 5.17. The van der Waals surface area contributed by atoms with Gasteiger partial charge >= 0.3 is 0 Å². The predicted molar refractivity (Wildman–Crippen MR) is 143 cm³/mol. The van der Waals surface area contributed by atoms with E-state index in [0.29, 0.717) is 0 Å². The maximum atomic E-state index is 11.0. The SMILES string of the molecule is CCCCCCCCCCCCCC[C@@H](O)[C@H](C)N(Cc1ccccc1)Cc1ccccc1. The van der Waals surface area contributed by atoms with Crippen LogP contribution in [0.3, 0.4) is 0 Å². The lowest BCUT2D eigenvalue weighted by molar-refractivity contribution is 0.0421. The minimum atomic E-state index is -0.277. The standard InChI is InChI=1S/C31H49NO/c1-3-4-5-6-7-8-9-10-11-12-13-20-25-31(33)28(2)32(26-29-21-16-14-17-22-29)27-30-23-18-15-19-24-30/h14-19,21-24,28,31,33H,3-13,20,25-27H2,1-2H3/t28-,31+/m0/s1. The summed E-state index contributed by atoms with van der Waals surface area (Å²) in [4.78, 5) is 2.43. The number of unbranched alkanes of at least 4 members (excludes halogenated alkanes) is 11. The monoisotopic (exact) mass is 451 g/mol. The minimum absolute atomic E-state index is 0.137. The molecule has 33 heavy (non-hydrogen) atoms. The van der Waals surface area contributed by atoms with Gasteiger partial charge in [0.1, 0.15) is 0 Å². The van der Waals surface area contributed by atoms with Gasteiger partial charge in [0.15, 0.2) is 0 Å². The fourth-order valence-electron chi connectivity index (χ4n) is 4.66. The molecule has 0 aliphatic carbocycles. The summed E-state index contributed by atoms with van der Waals surface area (Å²) in [7, 11) is 0. The van der Waals surface area contributed by atoms with Gasteiger partial charge in [-0.15, -0.1) is 0 Å². The molecule has 0 aliphatic heterocycles. The topological polar surface area (TPSA) is 23.5 Å². The average molecular weight is 452 g/mol. The van der Waals surface area contributed by atoms with Crippen LogP contribution in [0.2, 0.25) is 0 Å². The third-order valence-corrected chi connectivity index (χ3v) is 6.94. The fraction of sp³-hybridized carbons (Fsp3) is 0.613. The first-order chi connectivity index (χ1) is 16.2. The lowest BCUT2D eigenvalue weighted by Crippen LogP contribution is -2.40. The van der Waals surface area contributed by atoms with Gasteiger partial charge in [-0.25, -0.2) is 0 Å². The molecule has 0 aromatic heterocycles. The minimum Gasteiger partial charge on any atom is -0.392 e. The first kappa shape index (κ1) is 27.6. The Morgan fingerprint density at radius 3 is 1.42 bits per heavy atom. The molecule has 2 rings (SSSR count). The van der Waals surface area contributed by atoms with Crippen LogP contribution in [0.1, 0.15) is 108 Å². The number of nitrogens with zero attached hydrogens (tertiary/aromatic N) is 1. The molecule has 0 aliphatic rings. The molecule has 0 spiro atoms. The van der Waals surface area contributed by atoms with Crippen LogP contribution >= 0.6 is 0 Å². The van der Waals surface area contributed by atoms with Gasteiger partial charge in [-0.3, -0.25) is 4.90 Å². The Morgan fingerprint density at radius 2 is 1.00 bits per heavy atom. The summed E-state index contributed by atoms with van der Waals surface area (Å²) in [6.07, 6.45) is 16.9. The van der Waals surface area contributed by atoms with Crippen molar-refractivity contribution in [3.05, 3.63) is 71.8 Å². The first-order valence-corrected chi connectivity index (χ1v) is 13.7. The van der Waals surface area contributed by atoms with Crippen LogP contribution in [0, 0.1) is 0 Å². The highest BCUT2D eigenvalue weighted by atomic mass is 16.3. The highest BCUT2D eigenvalue weighted by Crippen LogP contribution is 2.19. The van der Waals surface area contributed by atoms with Crippen LogP contribution in [0.4, 0.5) is 0 Å². The van der Waals surface area contributed by atoms with E-state index in [0.717, 1.165) is 25.9 Å². The number of aliphatic hydroxyl groups is 1. The van der Waals surface area contributed by atoms with Crippen LogP contribution < -0.4 is 0 Å². The van der Waals surface area contributed by atoms with Crippen LogP contribution in [-0.4, -0.2) is 22.2 Å². The summed E-state index contributed by atoms with van der Waals surface area (Å²) >= 11 is 0. The normalized spacial score (nSPS) is 13.3. The van der Waals surface area contributed by atoms with Crippen molar-refractivity contribution >= 4 is 0 Å². The Hall–Kier alpha value is -1.64. The van der Waals surface area contributed by atoms with Crippen molar-refractivity contribution in [1.29, 1.82) is 0 Å². The van der Waals surface area contributed by atoms with Gasteiger partial charge in [0.2, 0.25) is 0 Å². The number of hydrogen-bond acceptors (Lipinski definition) is 2. The average Bonchev–Trinajstić information content (AvgIpc) is 2.85.